The molecule has 0 aliphatic carbocycles. The lowest BCUT2D eigenvalue weighted by atomic mass is 10.3. The Morgan fingerprint density at radius 2 is 2.08 bits per heavy atom. The predicted molar refractivity (Wildman–Crippen MR) is 40.8 cm³/mol. The average Bonchev–Trinajstić information content (AvgIpc) is 2.05. The van der Waals surface area contributed by atoms with E-state index in [9.17, 15) is 4.79 Å². The average molecular weight is 178 g/mol. The lowest BCUT2D eigenvalue weighted by Gasteiger charge is -2.13. The Labute approximate surface area is 70.3 Å². The van der Waals surface area contributed by atoms with Crippen LogP contribution in [0.2, 0.25) is 0 Å². The van der Waals surface area contributed by atoms with Gasteiger partial charge in [-0.15, -0.1) is 0 Å². The van der Waals surface area contributed by atoms with Crippen molar-refractivity contribution >= 4 is 5.91 Å². The minimum atomic E-state index is -0.798. The first-order valence-corrected chi connectivity index (χ1v) is 3.54. The Hall–Kier alpha value is -0.690. The second kappa shape index (κ2) is 5.90. The fraction of sp³-hybridized carbons (Fsp3) is 0.833. The summed E-state index contributed by atoms with van der Waals surface area (Å²) in [6.45, 7) is 0.761. The minimum absolute atomic E-state index is 0.365. The summed E-state index contributed by atoms with van der Waals surface area (Å²) in [6.07, 6.45) is -0.798. The molecule has 72 valence electrons. The number of nitrogens with one attached hydrogen (secondary N) is 1. The maximum absolute atomic E-state index is 10.8. The molecule has 12 heavy (non-hydrogen) atoms. The van der Waals surface area contributed by atoms with Crippen LogP contribution < -0.4 is 11.2 Å². The molecule has 0 aromatic rings. The number of hydroxylamine groups is 1. The van der Waals surface area contributed by atoms with Crippen molar-refractivity contribution in [2.45, 2.75) is 19.1 Å². The number of carbonyl (C=O) groups is 1. The normalized spacial score (nSPS) is 13.1. The highest BCUT2D eigenvalue weighted by Crippen LogP contribution is 1.85. The van der Waals surface area contributed by atoms with Crippen molar-refractivity contribution < 1.29 is 19.8 Å². The van der Waals surface area contributed by atoms with Crippen LogP contribution in [-0.2, 0) is 9.63 Å². The van der Waals surface area contributed by atoms with Crippen molar-refractivity contribution in [2.24, 2.45) is 5.73 Å². The summed E-state index contributed by atoms with van der Waals surface area (Å²) in [5.74, 6) is -0.498. The van der Waals surface area contributed by atoms with Gasteiger partial charge < -0.3 is 15.9 Å². The minimum Gasteiger partial charge on any atom is -0.393 e. The van der Waals surface area contributed by atoms with E-state index in [4.69, 9.17) is 15.9 Å². The van der Waals surface area contributed by atoms with E-state index in [1.807, 2.05) is 5.48 Å². The van der Waals surface area contributed by atoms with Crippen molar-refractivity contribution in [2.75, 3.05) is 13.2 Å². The summed E-state index contributed by atoms with van der Waals surface area (Å²) in [6, 6.07) is -0.678. The van der Waals surface area contributed by atoms with Crippen LogP contribution >= 0.6 is 0 Å². The van der Waals surface area contributed by atoms with E-state index in [0.717, 1.165) is 0 Å². The van der Waals surface area contributed by atoms with E-state index in [1.165, 1.54) is 6.92 Å². The highest BCUT2D eigenvalue weighted by molar-refractivity contribution is 5.79. The van der Waals surface area contributed by atoms with Gasteiger partial charge in [0.15, 0.2) is 0 Å². The van der Waals surface area contributed by atoms with Gasteiger partial charge in [-0.05, 0) is 6.92 Å². The second-order valence-electron chi connectivity index (χ2n) is 2.36. The molecule has 0 saturated heterocycles. The largest absolute Gasteiger partial charge is 0.393 e. The number of carbonyl (C=O) groups excluding carboxylic acids is 1. The number of hydrogen-bond donors (Lipinski definition) is 4. The SMILES string of the molecule is CC(N)C(=O)NOC(CO)CO. The molecule has 0 radical (unpaired) electrons. The summed E-state index contributed by atoms with van der Waals surface area (Å²) >= 11 is 0. The van der Waals surface area contributed by atoms with Crippen molar-refractivity contribution in [3.8, 4) is 0 Å². The van der Waals surface area contributed by atoms with E-state index in [0.29, 0.717) is 0 Å². The Balaban J connectivity index is 3.59. The molecule has 0 aromatic carbocycles. The zero-order chi connectivity index (χ0) is 9.56. The lowest BCUT2D eigenvalue weighted by molar-refractivity contribution is -0.144. The molecule has 0 rings (SSSR count). The third-order valence-corrected chi connectivity index (χ3v) is 1.15. The van der Waals surface area contributed by atoms with E-state index in [1.54, 1.807) is 0 Å². The monoisotopic (exact) mass is 178 g/mol. The molecule has 6 heteroatoms. The first kappa shape index (κ1) is 11.3. The van der Waals surface area contributed by atoms with Crippen molar-refractivity contribution in [3.05, 3.63) is 0 Å². The van der Waals surface area contributed by atoms with Gasteiger partial charge in [0.1, 0.15) is 6.10 Å². The summed E-state index contributed by atoms with van der Waals surface area (Å²) in [5.41, 5.74) is 7.19. The van der Waals surface area contributed by atoms with Crippen LogP contribution in [0.15, 0.2) is 0 Å². The zero-order valence-corrected chi connectivity index (χ0v) is 6.86. The van der Waals surface area contributed by atoms with Crippen molar-refractivity contribution in [1.29, 1.82) is 0 Å². The number of aliphatic hydroxyl groups excluding tert-OH is 2. The van der Waals surface area contributed by atoms with Gasteiger partial charge in [0, 0.05) is 0 Å². The zero-order valence-electron chi connectivity index (χ0n) is 6.86. The first-order chi connectivity index (χ1) is 5.61. The fourth-order valence-corrected chi connectivity index (χ4v) is 0.367. The molecular weight excluding hydrogens is 164 g/mol. The molecule has 0 spiro atoms. The Morgan fingerprint density at radius 3 is 2.42 bits per heavy atom. The number of hydrogen-bond acceptors (Lipinski definition) is 5. The summed E-state index contributed by atoms with van der Waals surface area (Å²) in [7, 11) is 0. The Kier molecular flexibility index (Phi) is 5.56. The van der Waals surface area contributed by atoms with E-state index in [2.05, 4.69) is 4.84 Å². The molecule has 0 aliphatic heterocycles. The summed E-state index contributed by atoms with van der Waals surface area (Å²) < 4.78 is 0. The van der Waals surface area contributed by atoms with Crippen LogP contribution in [-0.4, -0.2) is 41.5 Å². The maximum atomic E-state index is 10.8. The van der Waals surface area contributed by atoms with Gasteiger partial charge >= 0.3 is 0 Å². The third-order valence-electron chi connectivity index (χ3n) is 1.15. The lowest BCUT2D eigenvalue weighted by Crippen LogP contribution is -2.41. The molecule has 0 aromatic heterocycles. The van der Waals surface area contributed by atoms with E-state index < -0.39 is 18.1 Å². The number of nitrogens with two attached hydrogens (primary N) is 1. The molecule has 0 aliphatic rings. The molecule has 0 saturated carbocycles. The van der Waals surface area contributed by atoms with E-state index in [-0.39, 0.29) is 13.2 Å². The van der Waals surface area contributed by atoms with Gasteiger partial charge in [-0.25, -0.2) is 5.48 Å². The molecular formula is C6H14N2O4. The van der Waals surface area contributed by atoms with Gasteiger partial charge in [0.2, 0.25) is 0 Å². The van der Waals surface area contributed by atoms with Crippen LogP contribution in [0.5, 0.6) is 0 Å². The maximum Gasteiger partial charge on any atom is 0.260 e. The van der Waals surface area contributed by atoms with Crippen LogP contribution in [0.25, 0.3) is 0 Å². The third kappa shape index (κ3) is 4.24. The molecule has 0 bridgehead atoms. The topological polar surface area (TPSA) is 105 Å². The highest BCUT2D eigenvalue weighted by atomic mass is 16.7. The number of amides is 1. The van der Waals surface area contributed by atoms with Gasteiger partial charge in [-0.3, -0.25) is 9.63 Å². The van der Waals surface area contributed by atoms with Crippen LogP contribution in [0, 0.1) is 0 Å². The van der Waals surface area contributed by atoms with Gasteiger partial charge in [-0.2, -0.15) is 0 Å². The van der Waals surface area contributed by atoms with Crippen LogP contribution in [0.1, 0.15) is 6.92 Å². The second-order valence-corrected chi connectivity index (χ2v) is 2.36. The Morgan fingerprint density at radius 1 is 1.58 bits per heavy atom. The highest BCUT2D eigenvalue weighted by Gasteiger charge is 2.11. The van der Waals surface area contributed by atoms with Gasteiger partial charge in [-0.1, -0.05) is 0 Å². The molecule has 0 fully saturated rings. The van der Waals surface area contributed by atoms with Crippen molar-refractivity contribution in [3.63, 3.8) is 0 Å². The molecule has 0 heterocycles. The first-order valence-electron chi connectivity index (χ1n) is 3.54. The fourth-order valence-electron chi connectivity index (χ4n) is 0.367. The molecule has 1 amide bonds. The summed E-state index contributed by atoms with van der Waals surface area (Å²) in [4.78, 5) is 15.3. The molecule has 1 atom stereocenters. The smallest absolute Gasteiger partial charge is 0.260 e. The molecule has 6 nitrogen and oxygen atoms in total. The van der Waals surface area contributed by atoms with Gasteiger partial charge in [0.05, 0.1) is 19.3 Å². The van der Waals surface area contributed by atoms with E-state index >= 15 is 0 Å². The number of rotatable bonds is 5. The van der Waals surface area contributed by atoms with Crippen molar-refractivity contribution in [1.82, 2.24) is 5.48 Å². The predicted octanol–water partition coefficient (Wildman–Crippen LogP) is -2.27. The standard InChI is InChI=1S/C6H14N2O4/c1-4(7)6(11)8-12-5(2-9)3-10/h4-5,9-10H,2-3,7H2,1H3,(H,8,11). The quantitative estimate of drug-likeness (QED) is 0.355. The number of aliphatic hydroxyl groups is 2. The van der Waals surface area contributed by atoms with Crippen LogP contribution in [0.4, 0.5) is 0 Å². The Bertz CT molecular complexity index is 136. The summed E-state index contributed by atoms with van der Waals surface area (Å²) in [5, 5.41) is 17.0. The van der Waals surface area contributed by atoms with Gasteiger partial charge in [0.25, 0.3) is 5.91 Å². The molecule has 1 unspecified atom stereocenters. The molecule has 5 N–H and O–H groups in total. The van der Waals surface area contributed by atoms with Crippen LogP contribution in [0.3, 0.4) is 0 Å².